The van der Waals surface area contributed by atoms with Crippen molar-refractivity contribution in [2.24, 2.45) is 0 Å². The van der Waals surface area contributed by atoms with Gasteiger partial charge in [0.1, 0.15) is 5.82 Å². The van der Waals surface area contributed by atoms with E-state index in [1.54, 1.807) is 12.1 Å². The molecule has 0 aliphatic heterocycles. The van der Waals surface area contributed by atoms with Gasteiger partial charge < -0.3 is 10.6 Å². The highest BCUT2D eigenvalue weighted by Gasteiger charge is 2.09. The number of carbonyl (C=O) groups excluding carboxylic acids is 2. The van der Waals surface area contributed by atoms with Crippen molar-refractivity contribution in [3.63, 3.8) is 0 Å². The van der Waals surface area contributed by atoms with E-state index >= 15 is 0 Å². The molecule has 0 aliphatic carbocycles. The standard InChI is InChI=1S/C17H15Br2FN2O2/c1-10-6-12(3-4-13(10)18)22-17(24)9-21-16(23)8-11-2-5-15(20)14(19)7-11/h2-7H,8-9H2,1H3,(H,21,23)(H,22,24). The first-order chi connectivity index (χ1) is 11.3. The molecule has 0 radical (unpaired) electrons. The van der Waals surface area contributed by atoms with Crippen LogP contribution >= 0.6 is 31.9 Å². The molecular formula is C17H15Br2FN2O2. The molecule has 0 fully saturated rings. The fourth-order valence-electron chi connectivity index (χ4n) is 2.00. The molecule has 2 aromatic rings. The minimum absolute atomic E-state index is 0.0730. The molecule has 0 aliphatic rings. The maximum Gasteiger partial charge on any atom is 0.243 e. The Morgan fingerprint density at radius 3 is 2.46 bits per heavy atom. The third kappa shape index (κ3) is 5.42. The van der Waals surface area contributed by atoms with Crippen LogP contribution < -0.4 is 10.6 Å². The van der Waals surface area contributed by atoms with Gasteiger partial charge in [0.05, 0.1) is 17.4 Å². The van der Waals surface area contributed by atoms with E-state index in [9.17, 15) is 14.0 Å². The molecule has 0 saturated heterocycles. The minimum Gasteiger partial charge on any atom is -0.347 e. The summed E-state index contributed by atoms with van der Waals surface area (Å²) in [7, 11) is 0. The summed E-state index contributed by atoms with van der Waals surface area (Å²) in [5.74, 6) is -1.01. The van der Waals surface area contributed by atoms with Crippen LogP contribution in [0.15, 0.2) is 45.3 Å². The molecule has 7 heteroatoms. The van der Waals surface area contributed by atoms with E-state index in [1.165, 1.54) is 12.1 Å². The van der Waals surface area contributed by atoms with Crippen molar-refractivity contribution in [1.82, 2.24) is 5.32 Å². The summed E-state index contributed by atoms with van der Waals surface area (Å²) in [5, 5.41) is 5.26. The topological polar surface area (TPSA) is 58.2 Å². The smallest absolute Gasteiger partial charge is 0.243 e. The molecule has 0 spiro atoms. The van der Waals surface area contributed by atoms with Gasteiger partial charge in [-0.2, -0.15) is 0 Å². The Hall–Kier alpha value is -1.73. The van der Waals surface area contributed by atoms with Gasteiger partial charge in [-0.25, -0.2) is 4.39 Å². The van der Waals surface area contributed by atoms with Gasteiger partial charge in [0.15, 0.2) is 0 Å². The van der Waals surface area contributed by atoms with Gasteiger partial charge in [0.25, 0.3) is 0 Å². The minimum atomic E-state index is -0.386. The zero-order chi connectivity index (χ0) is 17.7. The maximum absolute atomic E-state index is 13.1. The molecule has 126 valence electrons. The van der Waals surface area contributed by atoms with E-state index in [-0.39, 0.29) is 30.6 Å². The number of hydrogen-bond donors (Lipinski definition) is 2. The van der Waals surface area contributed by atoms with Crippen molar-refractivity contribution < 1.29 is 14.0 Å². The molecular weight excluding hydrogens is 443 g/mol. The summed E-state index contributed by atoms with van der Waals surface area (Å²) in [5.41, 5.74) is 2.32. The molecule has 2 aromatic carbocycles. The number of rotatable bonds is 5. The molecule has 0 saturated carbocycles. The zero-order valence-corrected chi connectivity index (χ0v) is 16.0. The van der Waals surface area contributed by atoms with Gasteiger partial charge in [-0.1, -0.05) is 22.0 Å². The highest BCUT2D eigenvalue weighted by molar-refractivity contribution is 9.10. The van der Waals surface area contributed by atoms with Crippen LogP contribution in [-0.2, 0) is 16.0 Å². The summed E-state index contributed by atoms with van der Waals surface area (Å²) in [4.78, 5) is 23.7. The summed E-state index contributed by atoms with van der Waals surface area (Å²) in [6.07, 6.45) is 0.0730. The van der Waals surface area contributed by atoms with Crippen molar-refractivity contribution >= 4 is 49.4 Å². The van der Waals surface area contributed by atoms with E-state index in [1.807, 2.05) is 19.1 Å². The molecule has 0 heterocycles. The number of halogens is 3. The lowest BCUT2D eigenvalue weighted by Crippen LogP contribution is -2.33. The van der Waals surface area contributed by atoms with Crippen LogP contribution in [0.2, 0.25) is 0 Å². The van der Waals surface area contributed by atoms with Crippen molar-refractivity contribution in [2.45, 2.75) is 13.3 Å². The third-order valence-corrected chi connectivity index (χ3v) is 4.73. The van der Waals surface area contributed by atoms with Crippen molar-refractivity contribution in [1.29, 1.82) is 0 Å². The third-order valence-electron chi connectivity index (χ3n) is 3.24. The van der Waals surface area contributed by atoms with Crippen molar-refractivity contribution in [3.05, 3.63) is 62.3 Å². The predicted molar refractivity (Wildman–Crippen MR) is 98.3 cm³/mol. The number of nitrogens with one attached hydrogen (secondary N) is 2. The van der Waals surface area contributed by atoms with E-state index in [0.29, 0.717) is 15.7 Å². The number of benzene rings is 2. The quantitative estimate of drug-likeness (QED) is 0.713. The number of aryl methyl sites for hydroxylation is 1. The Balaban J connectivity index is 1.83. The second-order valence-corrected chi connectivity index (χ2v) is 6.92. The van der Waals surface area contributed by atoms with Crippen LogP contribution in [0.3, 0.4) is 0 Å². The molecule has 2 rings (SSSR count). The van der Waals surface area contributed by atoms with Crippen LogP contribution in [0.5, 0.6) is 0 Å². The van der Waals surface area contributed by atoms with Crippen LogP contribution in [0.1, 0.15) is 11.1 Å². The lowest BCUT2D eigenvalue weighted by Gasteiger charge is -2.08. The first-order valence-corrected chi connectivity index (χ1v) is 8.70. The normalized spacial score (nSPS) is 10.3. The second kappa shape index (κ2) is 8.39. The number of amides is 2. The van der Waals surface area contributed by atoms with Crippen LogP contribution in [0, 0.1) is 12.7 Å². The molecule has 24 heavy (non-hydrogen) atoms. The van der Waals surface area contributed by atoms with Gasteiger partial charge in [-0.3, -0.25) is 9.59 Å². The Morgan fingerprint density at radius 2 is 1.79 bits per heavy atom. The number of carbonyl (C=O) groups is 2. The molecule has 4 nitrogen and oxygen atoms in total. The van der Waals surface area contributed by atoms with E-state index in [2.05, 4.69) is 42.5 Å². The largest absolute Gasteiger partial charge is 0.347 e. The first kappa shape index (κ1) is 18.6. The van der Waals surface area contributed by atoms with Gasteiger partial charge >= 0.3 is 0 Å². The van der Waals surface area contributed by atoms with E-state index < -0.39 is 0 Å². The van der Waals surface area contributed by atoms with Crippen LogP contribution in [-0.4, -0.2) is 18.4 Å². The fourth-order valence-corrected chi connectivity index (χ4v) is 2.68. The fraction of sp³-hybridized carbons (Fsp3) is 0.176. The Bertz CT molecular complexity index is 716. The van der Waals surface area contributed by atoms with E-state index in [0.717, 1.165) is 10.0 Å². The van der Waals surface area contributed by atoms with Gasteiger partial charge in [0, 0.05) is 10.2 Å². The van der Waals surface area contributed by atoms with Crippen molar-refractivity contribution in [3.8, 4) is 0 Å². The average Bonchev–Trinajstić information content (AvgIpc) is 2.53. The zero-order valence-electron chi connectivity index (χ0n) is 12.8. The summed E-state index contributed by atoms with van der Waals surface area (Å²) in [6.45, 7) is 1.79. The molecule has 2 amide bonds. The molecule has 0 bridgehead atoms. The van der Waals surface area contributed by atoms with Gasteiger partial charge in [-0.05, 0) is 64.3 Å². The molecule has 2 N–H and O–H groups in total. The van der Waals surface area contributed by atoms with Crippen LogP contribution in [0.25, 0.3) is 0 Å². The lowest BCUT2D eigenvalue weighted by molar-refractivity contribution is -0.123. The first-order valence-electron chi connectivity index (χ1n) is 7.12. The Morgan fingerprint density at radius 1 is 1.04 bits per heavy atom. The summed E-state index contributed by atoms with van der Waals surface area (Å²) < 4.78 is 14.4. The van der Waals surface area contributed by atoms with Gasteiger partial charge in [-0.15, -0.1) is 0 Å². The molecule has 0 aromatic heterocycles. The molecule has 0 atom stereocenters. The van der Waals surface area contributed by atoms with Crippen molar-refractivity contribution in [2.75, 3.05) is 11.9 Å². The van der Waals surface area contributed by atoms with E-state index in [4.69, 9.17) is 0 Å². The molecule has 0 unspecified atom stereocenters. The number of anilines is 1. The highest BCUT2D eigenvalue weighted by atomic mass is 79.9. The Labute approximate surface area is 156 Å². The lowest BCUT2D eigenvalue weighted by atomic mass is 10.1. The van der Waals surface area contributed by atoms with Crippen LogP contribution in [0.4, 0.5) is 10.1 Å². The SMILES string of the molecule is Cc1cc(NC(=O)CNC(=O)Cc2ccc(F)c(Br)c2)ccc1Br. The predicted octanol–water partition coefficient (Wildman–Crippen LogP) is 3.96. The summed E-state index contributed by atoms with van der Waals surface area (Å²) >= 11 is 6.46. The monoisotopic (exact) mass is 456 g/mol. The summed E-state index contributed by atoms with van der Waals surface area (Å²) in [6, 6.07) is 9.81. The second-order valence-electron chi connectivity index (χ2n) is 5.21. The average molecular weight is 458 g/mol. The highest BCUT2D eigenvalue weighted by Crippen LogP contribution is 2.20. The Kier molecular flexibility index (Phi) is 6.51. The van der Waals surface area contributed by atoms with Gasteiger partial charge in [0.2, 0.25) is 11.8 Å². The number of hydrogen-bond acceptors (Lipinski definition) is 2. The maximum atomic E-state index is 13.1.